The Morgan fingerprint density at radius 2 is 2.00 bits per heavy atom. The standard InChI is InChI=1S/C16H20N2O3/c1-2-21-15(19)14-7-5-13(6-8-14)11-18-16(20)17-10-9-12-3-4-12/h5-10,12H,2-4,11H2,1H3,(H2,17,18,20)/b10-9+. The Morgan fingerprint density at radius 3 is 2.62 bits per heavy atom. The lowest BCUT2D eigenvalue weighted by Crippen LogP contribution is -2.31. The first-order chi connectivity index (χ1) is 10.2. The monoisotopic (exact) mass is 288 g/mol. The van der Waals surface area contributed by atoms with Crippen molar-refractivity contribution in [2.24, 2.45) is 5.92 Å². The van der Waals surface area contributed by atoms with Crippen molar-refractivity contribution in [3.63, 3.8) is 0 Å². The second-order valence-corrected chi connectivity index (χ2v) is 4.94. The minimum absolute atomic E-state index is 0.235. The highest BCUT2D eigenvalue weighted by molar-refractivity contribution is 5.89. The van der Waals surface area contributed by atoms with Gasteiger partial charge in [0, 0.05) is 12.7 Å². The lowest BCUT2D eigenvalue weighted by molar-refractivity contribution is 0.0526. The molecule has 1 aliphatic rings. The maximum atomic E-state index is 11.5. The molecule has 5 heteroatoms. The normalized spacial score (nSPS) is 14.0. The first-order valence-electron chi connectivity index (χ1n) is 7.16. The number of esters is 1. The van der Waals surface area contributed by atoms with Gasteiger partial charge in [0.2, 0.25) is 0 Å². The summed E-state index contributed by atoms with van der Waals surface area (Å²) < 4.78 is 4.91. The highest BCUT2D eigenvalue weighted by Crippen LogP contribution is 2.29. The molecule has 2 amide bonds. The summed E-state index contributed by atoms with van der Waals surface area (Å²) in [6.45, 7) is 2.54. The van der Waals surface area contributed by atoms with Crippen LogP contribution in [0, 0.1) is 5.92 Å². The number of carbonyl (C=O) groups excluding carboxylic acids is 2. The average Bonchev–Trinajstić information content (AvgIpc) is 3.30. The van der Waals surface area contributed by atoms with Gasteiger partial charge in [-0.1, -0.05) is 18.2 Å². The topological polar surface area (TPSA) is 67.4 Å². The molecule has 1 aliphatic carbocycles. The van der Waals surface area contributed by atoms with Gasteiger partial charge in [-0.25, -0.2) is 9.59 Å². The summed E-state index contributed by atoms with van der Waals surface area (Å²) in [5, 5.41) is 5.42. The van der Waals surface area contributed by atoms with Crippen molar-refractivity contribution in [1.82, 2.24) is 10.6 Å². The van der Waals surface area contributed by atoms with Gasteiger partial charge < -0.3 is 15.4 Å². The van der Waals surface area contributed by atoms with Crippen LogP contribution in [0.4, 0.5) is 4.79 Å². The van der Waals surface area contributed by atoms with Gasteiger partial charge in [-0.3, -0.25) is 0 Å². The molecule has 0 bridgehead atoms. The van der Waals surface area contributed by atoms with Crippen molar-refractivity contribution in [2.45, 2.75) is 26.3 Å². The summed E-state index contributed by atoms with van der Waals surface area (Å²) in [6.07, 6.45) is 6.13. The van der Waals surface area contributed by atoms with Gasteiger partial charge in [0.05, 0.1) is 12.2 Å². The van der Waals surface area contributed by atoms with Gasteiger partial charge in [-0.15, -0.1) is 0 Å². The third kappa shape index (κ3) is 5.30. The summed E-state index contributed by atoms with van der Waals surface area (Å²) in [6, 6.07) is 6.75. The van der Waals surface area contributed by atoms with Gasteiger partial charge in [-0.05, 0) is 43.4 Å². The van der Waals surface area contributed by atoms with Crippen LogP contribution in [0.15, 0.2) is 36.5 Å². The summed E-state index contributed by atoms with van der Waals surface area (Å²) in [5.74, 6) is 0.306. The maximum Gasteiger partial charge on any atom is 0.338 e. The van der Waals surface area contributed by atoms with Crippen LogP contribution in [0.2, 0.25) is 0 Å². The lowest BCUT2D eigenvalue weighted by Gasteiger charge is -2.06. The predicted octanol–water partition coefficient (Wildman–Crippen LogP) is 2.59. The van der Waals surface area contributed by atoms with E-state index in [1.54, 1.807) is 37.4 Å². The number of allylic oxidation sites excluding steroid dienone is 1. The first kappa shape index (κ1) is 15.1. The maximum absolute atomic E-state index is 11.5. The molecule has 1 fully saturated rings. The molecular formula is C16H20N2O3. The number of benzene rings is 1. The van der Waals surface area contributed by atoms with Crippen LogP contribution in [0.25, 0.3) is 0 Å². The summed E-state index contributed by atoms with van der Waals surface area (Å²) in [5.41, 5.74) is 1.43. The minimum Gasteiger partial charge on any atom is -0.462 e. The summed E-state index contributed by atoms with van der Waals surface area (Å²) in [7, 11) is 0. The molecule has 0 spiro atoms. The van der Waals surface area contributed by atoms with Crippen molar-refractivity contribution in [2.75, 3.05) is 6.61 Å². The van der Waals surface area contributed by atoms with Crippen LogP contribution in [0.3, 0.4) is 0 Å². The van der Waals surface area contributed by atoms with E-state index >= 15 is 0 Å². The van der Waals surface area contributed by atoms with Gasteiger partial charge in [0.25, 0.3) is 0 Å². The van der Waals surface area contributed by atoms with Crippen molar-refractivity contribution in [3.05, 3.63) is 47.7 Å². The Bertz CT molecular complexity index is 519. The van der Waals surface area contributed by atoms with Gasteiger partial charge in [-0.2, -0.15) is 0 Å². The molecule has 1 aromatic rings. The van der Waals surface area contributed by atoms with Crippen LogP contribution in [-0.2, 0) is 11.3 Å². The van der Waals surface area contributed by atoms with E-state index in [9.17, 15) is 9.59 Å². The molecule has 5 nitrogen and oxygen atoms in total. The Balaban J connectivity index is 1.74. The zero-order valence-corrected chi connectivity index (χ0v) is 12.1. The molecule has 0 heterocycles. The zero-order valence-electron chi connectivity index (χ0n) is 12.1. The largest absolute Gasteiger partial charge is 0.462 e. The highest BCUT2D eigenvalue weighted by Gasteiger charge is 2.17. The highest BCUT2D eigenvalue weighted by atomic mass is 16.5. The lowest BCUT2D eigenvalue weighted by atomic mass is 10.1. The number of hydrogen-bond acceptors (Lipinski definition) is 3. The Labute approximate surface area is 124 Å². The Morgan fingerprint density at radius 1 is 1.29 bits per heavy atom. The minimum atomic E-state index is -0.333. The van der Waals surface area contributed by atoms with Crippen LogP contribution >= 0.6 is 0 Å². The number of urea groups is 1. The number of amides is 2. The van der Waals surface area contributed by atoms with Gasteiger partial charge >= 0.3 is 12.0 Å². The Hall–Kier alpha value is -2.30. The van der Waals surface area contributed by atoms with E-state index in [0.717, 1.165) is 5.56 Å². The van der Waals surface area contributed by atoms with Crippen molar-refractivity contribution >= 4 is 12.0 Å². The fraction of sp³-hybridized carbons (Fsp3) is 0.375. The number of nitrogens with one attached hydrogen (secondary N) is 2. The molecule has 112 valence electrons. The molecule has 2 N–H and O–H groups in total. The average molecular weight is 288 g/mol. The van der Waals surface area contributed by atoms with Crippen LogP contribution in [0.5, 0.6) is 0 Å². The van der Waals surface area contributed by atoms with Crippen molar-refractivity contribution in [3.8, 4) is 0 Å². The number of rotatable bonds is 6. The number of hydrogen-bond donors (Lipinski definition) is 2. The molecule has 1 aromatic carbocycles. The number of ether oxygens (including phenoxy) is 1. The Kier molecular flexibility index (Phi) is 5.37. The van der Waals surface area contributed by atoms with E-state index in [1.807, 2.05) is 6.08 Å². The van der Waals surface area contributed by atoms with E-state index in [1.165, 1.54) is 12.8 Å². The molecule has 0 radical (unpaired) electrons. The first-order valence-corrected chi connectivity index (χ1v) is 7.16. The van der Waals surface area contributed by atoms with E-state index in [2.05, 4.69) is 10.6 Å². The van der Waals surface area contributed by atoms with E-state index < -0.39 is 0 Å². The number of carbonyl (C=O) groups is 2. The predicted molar refractivity (Wildman–Crippen MR) is 79.6 cm³/mol. The molecule has 21 heavy (non-hydrogen) atoms. The van der Waals surface area contributed by atoms with E-state index in [0.29, 0.717) is 24.6 Å². The molecule has 0 unspecified atom stereocenters. The SMILES string of the molecule is CCOC(=O)c1ccc(CNC(=O)N/C=C/C2CC2)cc1. The zero-order chi connectivity index (χ0) is 15.1. The third-order valence-electron chi connectivity index (χ3n) is 3.12. The second-order valence-electron chi connectivity index (χ2n) is 4.94. The molecule has 0 aliphatic heterocycles. The molecular weight excluding hydrogens is 268 g/mol. The molecule has 2 rings (SSSR count). The second kappa shape index (κ2) is 7.47. The fourth-order valence-corrected chi connectivity index (χ4v) is 1.76. The van der Waals surface area contributed by atoms with Crippen LogP contribution < -0.4 is 10.6 Å². The molecule has 1 saturated carbocycles. The summed E-state index contributed by atoms with van der Waals surface area (Å²) >= 11 is 0. The van der Waals surface area contributed by atoms with Gasteiger partial charge in [0.15, 0.2) is 0 Å². The third-order valence-corrected chi connectivity index (χ3v) is 3.12. The van der Waals surface area contributed by atoms with E-state index in [4.69, 9.17) is 4.74 Å². The molecule has 0 aromatic heterocycles. The quantitative estimate of drug-likeness (QED) is 0.791. The van der Waals surface area contributed by atoms with Gasteiger partial charge in [0.1, 0.15) is 0 Å². The summed E-state index contributed by atoms with van der Waals surface area (Å²) in [4.78, 5) is 23.0. The molecule has 0 atom stereocenters. The van der Waals surface area contributed by atoms with Crippen molar-refractivity contribution in [1.29, 1.82) is 0 Å². The smallest absolute Gasteiger partial charge is 0.338 e. The van der Waals surface area contributed by atoms with E-state index in [-0.39, 0.29) is 12.0 Å². The van der Waals surface area contributed by atoms with Crippen LogP contribution in [0.1, 0.15) is 35.7 Å². The molecule has 0 saturated heterocycles. The fourth-order valence-electron chi connectivity index (χ4n) is 1.76. The van der Waals surface area contributed by atoms with Crippen LogP contribution in [-0.4, -0.2) is 18.6 Å². The van der Waals surface area contributed by atoms with Crippen molar-refractivity contribution < 1.29 is 14.3 Å².